The number of nitrogens with one attached hydrogen (secondary N) is 1. The molecule has 1 fully saturated rings. The van der Waals surface area contributed by atoms with Gasteiger partial charge in [0.2, 0.25) is 10.0 Å². The molecule has 1 aromatic heterocycles. The summed E-state index contributed by atoms with van der Waals surface area (Å²) in [5, 5.41) is 4.04. The lowest BCUT2D eigenvalue weighted by Gasteiger charge is -2.25. The molecule has 0 radical (unpaired) electrons. The quantitative estimate of drug-likeness (QED) is 0.404. The molecule has 9 nitrogen and oxygen atoms in total. The molecule has 0 aromatic carbocycles. The molecule has 1 amide bonds. The summed E-state index contributed by atoms with van der Waals surface area (Å²) in [4.78, 5) is 35.2. The van der Waals surface area contributed by atoms with Crippen LogP contribution in [0.1, 0.15) is 29.4 Å². The van der Waals surface area contributed by atoms with Gasteiger partial charge in [0.25, 0.3) is 5.91 Å². The van der Waals surface area contributed by atoms with E-state index in [4.69, 9.17) is 9.47 Å². The van der Waals surface area contributed by atoms with Gasteiger partial charge in [0.15, 0.2) is 6.61 Å². The molecule has 29 heavy (non-hydrogen) atoms. The molecule has 1 N–H and O–H groups in total. The fourth-order valence-electron chi connectivity index (χ4n) is 2.52. The number of carbonyl (C=O) groups excluding carboxylic acids is 3. The first-order valence-electron chi connectivity index (χ1n) is 9.11. The fraction of sp³-hybridized carbons (Fsp3) is 0.588. The monoisotopic (exact) mass is 464 g/mol. The van der Waals surface area contributed by atoms with Crippen LogP contribution in [-0.4, -0.2) is 74.9 Å². The molecule has 0 spiro atoms. The van der Waals surface area contributed by atoms with Crippen molar-refractivity contribution in [1.29, 1.82) is 0 Å². The van der Waals surface area contributed by atoms with Crippen LogP contribution < -0.4 is 5.32 Å². The second kappa shape index (κ2) is 11.5. The van der Waals surface area contributed by atoms with Crippen LogP contribution in [0.4, 0.5) is 0 Å². The van der Waals surface area contributed by atoms with Gasteiger partial charge in [0.1, 0.15) is 9.77 Å². The number of rotatable bonds is 10. The van der Waals surface area contributed by atoms with E-state index in [-0.39, 0.29) is 28.7 Å². The summed E-state index contributed by atoms with van der Waals surface area (Å²) in [6.45, 7) is 2.51. The summed E-state index contributed by atoms with van der Waals surface area (Å²) in [6.07, 6.45) is 0.583. The van der Waals surface area contributed by atoms with Crippen molar-refractivity contribution < 1.29 is 32.3 Å². The minimum absolute atomic E-state index is 0.0432. The molecule has 0 atom stereocenters. The first kappa shape index (κ1) is 23.6. The highest BCUT2D eigenvalue weighted by Gasteiger charge is 2.31. The van der Waals surface area contributed by atoms with Gasteiger partial charge >= 0.3 is 11.9 Å². The molecule has 12 heteroatoms. The first-order chi connectivity index (χ1) is 13.9. The predicted molar refractivity (Wildman–Crippen MR) is 110 cm³/mol. The van der Waals surface area contributed by atoms with Crippen molar-refractivity contribution >= 4 is 51.0 Å². The van der Waals surface area contributed by atoms with Crippen LogP contribution >= 0.6 is 23.1 Å². The van der Waals surface area contributed by atoms with Gasteiger partial charge in [0.05, 0.1) is 6.61 Å². The largest absolute Gasteiger partial charge is 0.466 e. The third-order valence-electron chi connectivity index (χ3n) is 3.92. The highest BCUT2D eigenvalue weighted by Crippen LogP contribution is 2.27. The third kappa shape index (κ3) is 6.98. The number of thiophene rings is 1. The van der Waals surface area contributed by atoms with E-state index in [0.29, 0.717) is 37.6 Å². The molecule has 1 aliphatic heterocycles. The second-order valence-electron chi connectivity index (χ2n) is 5.97. The number of carbonyl (C=O) groups is 3. The fourth-order valence-corrected chi connectivity index (χ4v) is 6.38. The molecule has 0 saturated carbocycles. The van der Waals surface area contributed by atoms with Crippen molar-refractivity contribution in [3.8, 4) is 0 Å². The average Bonchev–Trinajstić information content (AvgIpc) is 3.21. The molecule has 2 heterocycles. The number of hydrogen-bond donors (Lipinski definition) is 1. The van der Waals surface area contributed by atoms with Crippen molar-refractivity contribution in [2.45, 2.75) is 24.7 Å². The summed E-state index contributed by atoms with van der Waals surface area (Å²) in [6, 6.07) is 1.38. The Morgan fingerprint density at radius 2 is 1.93 bits per heavy atom. The van der Waals surface area contributed by atoms with Gasteiger partial charge < -0.3 is 14.8 Å². The Morgan fingerprint density at radius 3 is 2.62 bits per heavy atom. The van der Waals surface area contributed by atoms with E-state index in [9.17, 15) is 22.8 Å². The van der Waals surface area contributed by atoms with Gasteiger partial charge in [-0.3, -0.25) is 9.59 Å². The van der Waals surface area contributed by atoms with E-state index < -0.39 is 28.5 Å². The summed E-state index contributed by atoms with van der Waals surface area (Å²) in [5.74, 6) is -0.311. The number of esters is 2. The molecule has 1 aliphatic rings. The zero-order valence-corrected chi connectivity index (χ0v) is 18.5. The third-order valence-corrected chi connectivity index (χ3v) is 7.83. The van der Waals surface area contributed by atoms with Crippen molar-refractivity contribution in [3.05, 3.63) is 16.3 Å². The van der Waals surface area contributed by atoms with Gasteiger partial charge in [-0.2, -0.15) is 16.1 Å². The van der Waals surface area contributed by atoms with Crippen LogP contribution in [0.2, 0.25) is 0 Å². The summed E-state index contributed by atoms with van der Waals surface area (Å²) in [7, 11) is -3.78. The zero-order chi connectivity index (χ0) is 21.3. The van der Waals surface area contributed by atoms with E-state index in [1.54, 1.807) is 18.7 Å². The van der Waals surface area contributed by atoms with E-state index in [1.807, 2.05) is 0 Å². The van der Waals surface area contributed by atoms with E-state index >= 15 is 0 Å². The Labute approximate surface area is 178 Å². The van der Waals surface area contributed by atoms with Crippen molar-refractivity contribution in [1.82, 2.24) is 9.62 Å². The Morgan fingerprint density at radius 1 is 1.21 bits per heavy atom. The predicted octanol–water partition coefficient (Wildman–Crippen LogP) is 1.10. The molecule has 1 aromatic rings. The first-order valence-corrected chi connectivity index (χ1v) is 12.6. The maximum atomic E-state index is 12.8. The van der Waals surface area contributed by atoms with E-state index in [1.165, 1.54) is 15.8 Å². The number of thioether (sulfide) groups is 1. The molecule has 1 saturated heterocycles. The van der Waals surface area contributed by atoms with Gasteiger partial charge in [0, 0.05) is 37.6 Å². The van der Waals surface area contributed by atoms with Gasteiger partial charge in [-0.25, -0.2) is 13.2 Å². The summed E-state index contributed by atoms with van der Waals surface area (Å²) < 4.78 is 36.7. The highest BCUT2D eigenvalue weighted by atomic mass is 32.2. The highest BCUT2D eigenvalue weighted by molar-refractivity contribution is 7.99. The lowest BCUT2D eigenvalue weighted by atomic mass is 10.3. The lowest BCUT2D eigenvalue weighted by molar-refractivity contribution is -0.143. The van der Waals surface area contributed by atoms with Gasteiger partial charge in [-0.1, -0.05) is 0 Å². The average molecular weight is 465 g/mol. The van der Waals surface area contributed by atoms with Crippen molar-refractivity contribution in [3.63, 3.8) is 0 Å². The number of sulfonamides is 1. The maximum absolute atomic E-state index is 12.8. The zero-order valence-electron chi connectivity index (χ0n) is 16.0. The molecule has 0 unspecified atom stereocenters. The summed E-state index contributed by atoms with van der Waals surface area (Å²) in [5.41, 5.74) is 0. The van der Waals surface area contributed by atoms with Crippen molar-refractivity contribution in [2.24, 2.45) is 0 Å². The molecular formula is C17H24N2O7S3. The van der Waals surface area contributed by atoms with Crippen LogP contribution in [0.15, 0.2) is 16.3 Å². The van der Waals surface area contributed by atoms with Crippen LogP contribution in [0.3, 0.4) is 0 Å². The van der Waals surface area contributed by atoms with Crippen molar-refractivity contribution in [2.75, 3.05) is 44.4 Å². The lowest BCUT2D eigenvalue weighted by Crippen LogP contribution is -2.38. The minimum Gasteiger partial charge on any atom is -0.466 e. The summed E-state index contributed by atoms with van der Waals surface area (Å²) >= 11 is 2.64. The van der Waals surface area contributed by atoms with E-state index in [0.717, 1.165) is 11.3 Å². The Balaban J connectivity index is 1.83. The van der Waals surface area contributed by atoms with E-state index in [2.05, 4.69) is 5.32 Å². The van der Waals surface area contributed by atoms with Gasteiger partial charge in [-0.05, 0) is 24.8 Å². The normalized spacial score (nSPS) is 14.9. The minimum atomic E-state index is -3.78. The number of ether oxygens (including phenoxy) is 2. The SMILES string of the molecule is CCOC(=O)CCCNC(=O)COC(=O)c1sccc1S(=O)(=O)N1CCSCC1. The van der Waals surface area contributed by atoms with Crippen LogP contribution in [-0.2, 0) is 29.1 Å². The number of amides is 1. The maximum Gasteiger partial charge on any atom is 0.350 e. The molecule has 0 bridgehead atoms. The Kier molecular flexibility index (Phi) is 9.40. The second-order valence-corrected chi connectivity index (χ2v) is 10.0. The molecule has 162 valence electrons. The molecule has 0 aliphatic carbocycles. The standard InChI is InChI=1S/C17H24N2O7S3/c1-2-25-15(21)4-3-6-18-14(20)12-26-17(22)16-13(5-9-28-16)29(23,24)19-7-10-27-11-8-19/h5,9H,2-4,6-8,10-12H2,1H3,(H,18,20). The van der Waals surface area contributed by atoms with Gasteiger partial charge in [-0.15, -0.1) is 11.3 Å². The molecule has 2 rings (SSSR count). The topological polar surface area (TPSA) is 119 Å². The molecular weight excluding hydrogens is 440 g/mol. The van der Waals surface area contributed by atoms with Crippen LogP contribution in [0.5, 0.6) is 0 Å². The number of nitrogens with zero attached hydrogens (tertiary/aromatic N) is 1. The Bertz CT molecular complexity index is 817. The Hall–Kier alpha value is -1.63. The number of hydrogen-bond acceptors (Lipinski definition) is 9. The smallest absolute Gasteiger partial charge is 0.350 e. The van der Waals surface area contributed by atoms with Crippen LogP contribution in [0, 0.1) is 0 Å². The van der Waals surface area contributed by atoms with Crippen LogP contribution in [0.25, 0.3) is 0 Å².